The fourth-order valence-corrected chi connectivity index (χ4v) is 3.55. The van der Waals surface area contributed by atoms with Gasteiger partial charge in [-0.2, -0.15) is 8.42 Å². The van der Waals surface area contributed by atoms with Gasteiger partial charge in [0.15, 0.2) is 0 Å². The monoisotopic (exact) mass is 444 g/mol. The fraction of sp³-hybridized carbons (Fsp3) is 0.455. The van der Waals surface area contributed by atoms with Crippen molar-refractivity contribution in [1.29, 1.82) is 0 Å². The smallest absolute Gasteiger partial charge is 0.872 e. The molecule has 0 fully saturated rings. The standard InChI is InChI=1S/C22H30O5S.K/c1-2-3-4-5-6-7-8-9-10-18-11-12-20(17-22(18)23)27-19-13-15-21(16-14-19)28(24,25)26;/h11-17,23H,2-10H2,1H3,(H,24,25,26);/q;+1/p-1. The second-order valence-corrected chi connectivity index (χ2v) is 8.46. The molecule has 29 heavy (non-hydrogen) atoms. The van der Waals surface area contributed by atoms with Crippen molar-refractivity contribution in [3.63, 3.8) is 0 Å². The van der Waals surface area contributed by atoms with Crippen molar-refractivity contribution in [2.24, 2.45) is 0 Å². The molecule has 0 aromatic heterocycles. The predicted molar refractivity (Wildman–Crippen MR) is 109 cm³/mol. The zero-order valence-corrected chi connectivity index (χ0v) is 21.3. The summed E-state index contributed by atoms with van der Waals surface area (Å²) in [5.74, 6) is 0.752. The van der Waals surface area contributed by atoms with Gasteiger partial charge in [0.2, 0.25) is 0 Å². The molecule has 0 unspecified atom stereocenters. The molecule has 1 N–H and O–H groups in total. The molecule has 154 valence electrons. The summed E-state index contributed by atoms with van der Waals surface area (Å²) < 4.78 is 36.7. The molecular weight excluding hydrogens is 415 g/mol. The summed E-state index contributed by atoms with van der Waals surface area (Å²) in [4.78, 5) is -0.204. The van der Waals surface area contributed by atoms with E-state index in [1.807, 2.05) is 0 Å². The summed E-state index contributed by atoms with van der Waals surface area (Å²) in [6, 6.07) is 10.4. The maximum Gasteiger partial charge on any atom is 1.00 e. The SMILES string of the molecule is CCCCCCCCCCc1ccc(Oc2ccc(S(=O)(=O)O)cc2)cc1[O-].[K+]. The third-order valence-electron chi connectivity index (χ3n) is 4.70. The normalized spacial score (nSPS) is 11.1. The number of hydrogen-bond donors (Lipinski definition) is 1. The Kier molecular flexibility index (Phi) is 12.7. The van der Waals surface area contributed by atoms with Gasteiger partial charge in [-0.15, -0.1) is 5.75 Å². The number of ether oxygens (including phenoxy) is 1. The Bertz CT molecular complexity index is 835. The summed E-state index contributed by atoms with van der Waals surface area (Å²) >= 11 is 0. The molecule has 0 saturated carbocycles. The fourth-order valence-electron chi connectivity index (χ4n) is 3.07. The zero-order chi connectivity index (χ0) is 20.4. The van der Waals surface area contributed by atoms with Gasteiger partial charge in [0.05, 0.1) is 4.90 Å². The third-order valence-corrected chi connectivity index (χ3v) is 5.56. The van der Waals surface area contributed by atoms with Gasteiger partial charge in [0.25, 0.3) is 10.1 Å². The van der Waals surface area contributed by atoms with Crippen molar-refractivity contribution in [3.05, 3.63) is 48.0 Å². The largest absolute Gasteiger partial charge is 1.00 e. The number of benzene rings is 2. The Hall–Kier alpha value is -0.414. The molecule has 0 aliphatic heterocycles. The minimum Gasteiger partial charge on any atom is -0.872 e. The van der Waals surface area contributed by atoms with Gasteiger partial charge in [-0.05, 0) is 49.2 Å². The van der Waals surface area contributed by atoms with E-state index in [-0.39, 0.29) is 62.0 Å². The number of unbranched alkanes of at least 4 members (excludes halogenated alkanes) is 7. The van der Waals surface area contributed by atoms with Crippen LogP contribution in [0.1, 0.15) is 63.9 Å². The second-order valence-electron chi connectivity index (χ2n) is 7.04. The van der Waals surface area contributed by atoms with Gasteiger partial charge in [-0.25, -0.2) is 0 Å². The Balaban J connectivity index is 0.00000420. The number of hydrogen-bond acceptors (Lipinski definition) is 4. The molecule has 0 spiro atoms. The first-order chi connectivity index (χ1) is 13.4. The summed E-state index contributed by atoms with van der Waals surface area (Å²) in [7, 11) is -4.23. The van der Waals surface area contributed by atoms with Crippen LogP contribution < -0.4 is 61.2 Å². The van der Waals surface area contributed by atoms with Crippen molar-refractivity contribution in [1.82, 2.24) is 0 Å². The first kappa shape index (κ1) is 26.6. The van der Waals surface area contributed by atoms with Crippen molar-refractivity contribution >= 4 is 10.1 Å². The van der Waals surface area contributed by atoms with Crippen molar-refractivity contribution in [2.45, 2.75) is 69.6 Å². The average Bonchev–Trinajstić information content (AvgIpc) is 2.65. The topological polar surface area (TPSA) is 86.7 Å². The van der Waals surface area contributed by atoms with E-state index < -0.39 is 10.1 Å². The van der Waals surface area contributed by atoms with Crippen LogP contribution in [-0.4, -0.2) is 13.0 Å². The van der Waals surface area contributed by atoms with Crippen molar-refractivity contribution < 1.29 is 74.2 Å². The molecule has 0 aliphatic carbocycles. The van der Waals surface area contributed by atoms with Gasteiger partial charge in [-0.1, -0.05) is 63.5 Å². The summed E-state index contributed by atoms with van der Waals surface area (Å²) in [6.07, 6.45) is 10.6. The molecule has 2 rings (SSSR count). The Labute approximate surface area is 217 Å². The Morgan fingerprint density at radius 1 is 0.862 bits per heavy atom. The summed E-state index contributed by atoms with van der Waals surface area (Å²) in [5.41, 5.74) is 0.792. The summed E-state index contributed by atoms with van der Waals surface area (Å²) in [6.45, 7) is 2.22. The van der Waals surface area contributed by atoms with E-state index in [0.29, 0.717) is 11.5 Å². The maximum atomic E-state index is 12.3. The predicted octanol–water partition coefficient (Wildman–Crippen LogP) is 2.49. The molecule has 0 radical (unpaired) electrons. The van der Waals surface area contributed by atoms with E-state index in [2.05, 4.69) is 6.92 Å². The van der Waals surface area contributed by atoms with Crippen LogP contribution in [0.4, 0.5) is 0 Å². The molecule has 5 nitrogen and oxygen atoms in total. The third kappa shape index (κ3) is 9.96. The van der Waals surface area contributed by atoms with Gasteiger partial charge >= 0.3 is 51.4 Å². The van der Waals surface area contributed by atoms with Crippen LogP contribution in [0.2, 0.25) is 0 Å². The first-order valence-corrected chi connectivity index (χ1v) is 11.4. The quantitative estimate of drug-likeness (QED) is 0.309. The maximum absolute atomic E-state index is 12.3. The van der Waals surface area contributed by atoms with Crippen LogP contribution in [0.25, 0.3) is 0 Å². The van der Waals surface area contributed by atoms with E-state index in [0.717, 1.165) is 24.8 Å². The number of rotatable bonds is 12. The summed E-state index contributed by atoms with van der Waals surface area (Å²) in [5, 5.41) is 12.3. The van der Waals surface area contributed by atoms with Crippen LogP contribution >= 0.6 is 0 Å². The molecule has 0 heterocycles. The minimum absolute atomic E-state index is 0. The molecule has 0 aliphatic rings. The van der Waals surface area contributed by atoms with Crippen LogP contribution in [-0.2, 0) is 16.5 Å². The molecule has 0 amide bonds. The molecule has 0 atom stereocenters. The van der Waals surface area contributed by atoms with E-state index >= 15 is 0 Å². The minimum atomic E-state index is -4.23. The molecular formula is C22H29KO5S. The van der Waals surface area contributed by atoms with Gasteiger partial charge in [0.1, 0.15) is 11.5 Å². The van der Waals surface area contributed by atoms with E-state index in [1.54, 1.807) is 12.1 Å². The van der Waals surface area contributed by atoms with Crippen molar-refractivity contribution in [2.75, 3.05) is 0 Å². The average molecular weight is 445 g/mol. The van der Waals surface area contributed by atoms with Crippen LogP contribution in [0.3, 0.4) is 0 Å². The van der Waals surface area contributed by atoms with Gasteiger partial charge < -0.3 is 9.84 Å². The zero-order valence-electron chi connectivity index (χ0n) is 17.4. The van der Waals surface area contributed by atoms with E-state index in [1.165, 1.54) is 68.9 Å². The molecule has 7 heteroatoms. The Morgan fingerprint density at radius 2 is 1.41 bits per heavy atom. The van der Waals surface area contributed by atoms with Crippen LogP contribution in [0.15, 0.2) is 47.4 Å². The molecule has 0 bridgehead atoms. The second kappa shape index (κ2) is 13.8. The van der Waals surface area contributed by atoms with Crippen LogP contribution in [0.5, 0.6) is 17.2 Å². The van der Waals surface area contributed by atoms with Crippen molar-refractivity contribution in [3.8, 4) is 17.2 Å². The molecule has 2 aromatic carbocycles. The molecule has 0 saturated heterocycles. The van der Waals surface area contributed by atoms with Gasteiger partial charge in [0, 0.05) is 0 Å². The van der Waals surface area contributed by atoms with Crippen LogP contribution in [0, 0.1) is 0 Å². The Morgan fingerprint density at radius 3 is 1.97 bits per heavy atom. The van der Waals surface area contributed by atoms with Gasteiger partial charge in [-0.3, -0.25) is 4.55 Å². The number of aryl methyl sites for hydroxylation is 1. The molecule has 2 aromatic rings. The van der Waals surface area contributed by atoms with E-state index in [4.69, 9.17) is 9.29 Å². The first-order valence-electron chi connectivity index (χ1n) is 9.95. The van der Waals surface area contributed by atoms with E-state index in [9.17, 15) is 13.5 Å².